The van der Waals surface area contributed by atoms with E-state index >= 15 is 0 Å². The standard InChI is InChI=1S/C22H19N5O2/c28-20(11-14-8-9-15-4-3-5-16(15)10-14)26-18-6-1-2-7-19(18)27-21-17(12-25-27)22(29)24-13-23-21/h1-2,6-10,12-13H,3-5,11H2,(H,26,28)(H,23,24,29). The molecule has 0 saturated heterocycles. The monoisotopic (exact) mass is 385 g/mol. The number of rotatable bonds is 4. The van der Waals surface area contributed by atoms with Gasteiger partial charge in [-0.05, 0) is 48.1 Å². The van der Waals surface area contributed by atoms with E-state index in [0.29, 0.717) is 28.8 Å². The molecule has 0 fully saturated rings. The maximum Gasteiger partial charge on any atom is 0.261 e. The summed E-state index contributed by atoms with van der Waals surface area (Å²) in [5.41, 5.74) is 5.23. The van der Waals surface area contributed by atoms with Crippen LogP contribution >= 0.6 is 0 Å². The third-order valence-electron chi connectivity index (χ3n) is 5.30. The lowest BCUT2D eigenvalue weighted by Gasteiger charge is -2.12. The Bertz CT molecular complexity index is 1290. The highest BCUT2D eigenvalue weighted by molar-refractivity contribution is 5.94. The van der Waals surface area contributed by atoms with E-state index in [1.165, 1.54) is 30.1 Å². The number of hydrogen-bond acceptors (Lipinski definition) is 4. The Morgan fingerprint density at radius 3 is 2.93 bits per heavy atom. The summed E-state index contributed by atoms with van der Waals surface area (Å²) in [5.74, 6) is -0.0994. The second-order valence-electron chi connectivity index (χ2n) is 7.22. The largest absolute Gasteiger partial charge is 0.324 e. The van der Waals surface area contributed by atoms with Crippen molar-refractivity contribution in [1.82, 2.24) is 19.7 Å². The number of H-pyrrole nitrogens is 1. The summed E-state index contributed by atoms with van der Waals surface area (Å²) in [6, 6.07) is 13.7. The van der Waals surface area contributed by atoms with Gasteiger partial charge < -0.3 is 10.3 Å². The number of nitrogens with one attached hydrogen (secondary N) is 2. The number of benzene rings is 2. The van der Waals surface area contributed by atoms with Gasteiger partial charge >= 0.3 is 0 Å². The van der Waals surface area contributed by atoms with Gasteiger partial charge in [0.1, 0.15) is 5.39 Å². The first-order valence-electron chi connectivity index (χ1n) is 9.60. The Hall–Kier alpha value is -3.74. The van der Waals surface area contributed by atoms with Crippen LogP contribution in [0.25, 0.3) is 16.7 Å². The number of nitrogens with zero attached hydrogens (tertiary/aromatic N) is 3. The number of carbonyl (C=O) groups excluding carboxylic acids is 1. The molecule has 144 valence electrons. The minimum Gasteiger partial charge on any atom is -0.324 e. The average molecular weight is 385 g/mol. The number of aryl methyl sites for hydroxylation is 2. The minimum atomic E-state index is -0.251. The van der Waals surface area contributed by atoms with Gasteiger partial charge in [-0.1, -0.05) is 30.3 Å². The van der Waals surface area contributed by atoms with Gasteiger partial charge in [0.2, 0.25) is 5.91 Å². The Balaban J connectivity index is 1.43. The summed E-state index contributed by atoms with van der Waals surface area (Å²) in [7, 11) is 0. The van der Waals surface area contributed by atoms with E-state index in [9.17, 15) is 9.59 Å². The zero-order chi connectivity index (χ0) is 19.8. The number of hydrogen-bond donors (Lipinski definition) is 2. The van der Waals surface area contributed by atoms with Crippen molar-refractivity contribution in [3.63, 3.8) is 0 Å². The summed E-state index contributed by atoms with van der Waals surface area (Å²) in [6.45, 7) is 0. The fourth-order valence-electron chi connectivity index (χ4n) is 3.91. The molecule has 0 atom stereocenters. The van der Waals surface area contributed by atoms with Gasteiger partial charge in [-0.3, -0.25) is 9.59 Å². The lowest BCUT2D eigenvalue weighted by Crippen LogP contribution is -2.16. The fourth-order valence-corrected chi connectivity index (χ4v) is 3.91. The van der Waals surface area contributed by atoms with Crippen LogP contribution in [0, 0.1) is 0 Å². The molecule has 0 bridgehead atoms. The van der Waals surface area contributed by atoms with Gasteiger partial charge in [0.25, 0.3) is 5.56 Å². The minimum absolute atomic E-state index is 0.0994. The molecule has 5 rings (SSSR count). The number of para-hydroxylation sites is 2. The Labute approximate surface area is 166 Å². The molecular weight excluding hydrogens is 366 g/mol. The normalized spacial score (nSPS) is 12.8. The van der Waals surface area contributed by atoms with Gasteiger partial charge in [0.05, 0.1) is 30.3 Å². The molecule has 2 N–H and O–H groups in total. The molecule has 0 aliphatic heterocycles. The summed E-state index contributed by atoms with van der Waals surface area (Å²) in [6.07, 6.45) is 6.53. The predicted molar refractivity (Wildman–Crippen MR) is 110 cm³/mol. The summed E-state index contributed by atoms with van der Waals surface area (Å²) < 4.78 is 1.57. The second-order valence-corrected chi connectivity index (χ2v) is 7.22. The van der Waals surface area contributed by atoms with E-state index < -0.39 is 0 Å². The molecule has 1 aliphatic carbocycles. The first kappa shape index (κ1) is 17.4. The Kier molecular flexibility index (Phi) is 4.20. The lowest BCUT2D eigenvalue weighted by atomic mass is 10.0. The van der Waals surface area contributed by atoms with Crippen LogP contribution in [-0.2, 0) is 24.1 Å². The van der Waals surface area contributed by atoms with Gasteiger partial charge in [-0.2, -0.15) is 5.10 Å². The predicted octanol–water partition coefficient (Wildman–Crippen LogP) is 2.78. The highest BCUT2D eigenvalue weighted by Crippen LogP contribution is 2.24. The quantitative estimate of drug-likeness (QED) is 0.565. The van der Waals surface area contributed by atoms with Crippen molar-refractivity contribution in [3.05, 3.63) is 82.0 Å². The second kappa shape index (κ2) is 7.01. The summed E-state index contributed by atoms with van der Waals surface area (Å²) >= 11 is 0. The van der Waals surface area contributed by atoms with E-state index in [0.717, 1.165) is 18.4 Å². The fraction of sp³-hybridized carbons (Fsp3) is 0.182. The van der Waals surface area contributed by atoms with E-state index in [-0.39, 0.29) is 11.5 Å². The van der Waals surface area contributed by atoms with Crippen molar-refractivity contribution in [2.24, 2.45) is 0 Å². The number of aromatic nitrogens is 4. The zero-order valence-corrected chi connectivity index (χ0v) is 15.7. The maximum atomic E-state index is 12.7. The molecule has 2 aromatic carbocycles. The molecule has 4 aromatic rings. The molecule has 0 saturated carbocycles. The molecular formula is C22H19N5O2. The Morgan fingerprint density at radius 1 is 1.14 bits per heavy atom. The van der Waals surface area contributed by atoms with Gasteiger partial charge in [-0.25, -0.2) is 9.67 Å². The van der Waals surface area contributed by atoms with Crippen LogP contribution in [0.2, 0.25) is 0 Å². The van der Waals surface area contributed by atoms with Gasteiger partial charge in [0.15, 0.2) is 5.65 Å². The van der Waals surface area contributed by atoms with E-state index in [4.69, 9.17) is 0 Å². The van der Waals surface area contributed by atoms with Crippen molar-refractivity contribution in [2.45, 2.75) is 25.7 Å². The van der Waals surface area contributed by atoms with E-state index in [2.05, 4.69) is 32.5 Å². The number of aromatic amines is 1. The third kappa shape index (κ3) is 3.20. The summed E-state index contributed by atoms with van der Waals surface area (Å²) in [5, 5.41) is 7.68. The first-order chi connectivity index (χ1) is 14.2. The topological polar surface area (TPSA) is 92.7 Å². The molecule has 2 heterocycles. The van der Waals surface area contributed by atoms with E-state index in [1.54, 1.807) is 4.68 Å². The highest BCUT2D eigenvalue weighted by atomic mass is 16.1. The molecule has 1 amide bonds. The number of amides is 1. The number of fused-ring (bicyclic) bond motifs is 2. The molecule has 0 radical (unpaired) electrons. The molecule has 0 unspecified atom stereocenters. The van der Waals surface area contributed by atoms with Crippen LogP contribution < -0.4 is 10.9 Å². The smallest absolute Gasteiger partial charge is 0.261 e. The molecule has 7 heteroatoms. The molecule has 2 aromatic heterocycles. The summed E-state index contributed by atoms with van der Waals surface area (Å²) in [4.78, 5) is 31.4. The maximum absolute atomic E-state index is 12.7. The average Bonchev–Trinajstić information content (AvgIpc) is 3.35. The van der Waals surface area contributed by atoms with Crippen molar-refractivity contribution >= 4 is 22.6 Å². The molecule has 0 spiro atoms. The molecule has 29 heavy (non-hydrogen) atoms. The van der Waals surface area contributed by atoms with Crippen LogP contribution in [-0.4, -0.2) is 25.7 Å². The SMILES string of the molecule is O=C(Cc1ccc2c(c1)CCC2)Nc1ccccc1-n1ncc2c(=O)[nH]cnc21. The lowest BCUT2D eigenvalue weighted by molar-refractivity contribution is -0.115. The van der Waals surface area contributed by atoms with Crippen LogP contribution in [0.5, 0.6) is 0 Å². The Morgan fingerprint density at radius 2 is 2.00 bits per heavy atom. The van der Waals surface area contributed by atoms with Crippen LogP contribution in [0.15, 0.2) is 59.8 Å². The van der Waals surface area contributed by atoms with Gasteiger partial charge in [-0.15, -0.1) is 0 Å². The van der Waals surface area contributed by atoms with Crippen molar-refractivity contribution < 1.29 is 4.79 Å². The van der Waals surface area contributed by atoms with Crippen LogP contribution in [0.3, 0.4) is 0 Å². The van der Waals surface area contributed by atoms with Gasteiger partial charge in [0, 0.05) is 0 Å². The van der Waals surface area contributed by atoms with Crippen LogP contribution in [0.4, 0.5) is 5.69 Å². The van der Waals surface area contributed by atoms with Crippen molar-refractivity contribution in [2.75, 3.05) is 5.32 Å². The zero-order valence-electron chi connectivity index (χ0n) is 15.7. The third-order valence-corrected chi connectivity index (χ3v) is 5.30. The number of carbonyl (C=O) groups is 1. The molecule has 1 aliphatic rings. The first-order valence-corrected chi connectivity index (χ1v) is 9.60. The van der Waals surface area contributed by atoms with Crippen molar-refractivity contribution in [3.8, 4) is 5.69 Å². The highest BCUT2D eigenvalue weighted by Gasteiger charge is 2.15. The van der Waals surface area contributed by atoms with E-state index in [1.807, 2.05) is 30.3 Å². The van der Waals surface area contributed by atoms with Crippen LogP contribution in [0.1, 0.15) is 23.1 Å². The molecule has 7 nitrogen and oxygen atoms in total. The number of anilines is 1. The van der Waals surface area contributed by atoms with Crippen molar-refractivity contribution in [1.29, 1.82) is 0 Å².